The highest BCUT2D eigenvalue weighted by Gasteiger charge is 2.27. The van der Waals surface area contributed by atoms with E-state index in [4.69, 9.17) is 18.5 Å². The Morgan fingerprint density at radius 1 is 0.438 bits per heavy atom. The maximum Gasteiger partial charge on any atom is 0.472 e. The molecule has 0 aliphatic carbocycles. The van der Waals surface area contributed by atoms with Gasteiger partial charge >= 0.3 is 19.8 Å². The number of carbonyl (C=O) groups is 2. The Kier molecular flexibility index (Phi) is 47.3. The third-order valence-corrected chi connectivity index (χ3v) is 12.3. The number of phosphoric ester groups is 1. The molecule has 0 bridgehead atoms. The number of aliphatic hydroxyl groups excluding tert-OH is 2. The molecule has 0 aliphatic heterocycles. The molecule has 0 radical (unpaired) electrons. The molecule has 3 atom stereocenters. The van der Waals surface area contributed by atoms with Crippen molar-refractivity contribution in [2.75, 3.05) is 26.4 Å². The monoisotopic (exact) mass is 925 g/mol. The first kappa shape index (κ1) is 61.9. The summed E-state index contributed by atoms with van der Waals surface area (Å²) in [7, 11) is -4.65. The Morgan fingerprint density at radius 3 is 1.06 bits per heavy atom. The molecule has 3 N–H and O–H groups in total. The number of carbonyl (C=O) groups excluding carboxylic acids is 2. The summed E-state index contributed by atoms with van der Waals surface area (Å²) in [4.78, 5) is 34.7. The van der Waals surface area contributed by atoms with Crippen molar-refractivity contribution in [3.8, 4) is 0 Å². The Bertz CT molecular complexity index is 1200. The highest BCUT2D eigenvalue weighted by atomic mass is 31.2. The first-order valence-corrected chi connectivity index (χ1v) is 27.6. The number of phosphoric acid groups is 1. The number of hydrogen-bond donors (Lipinski definition) is 3. The SMILES string of the molecule is CC/C=C\C/C=C\C/C=C\C/C=C\CCCCCCCCC(=O)OC(CO)COP(=O)(O)OCC(CO)OC(=O)CCCCCCCCCCCCCCCCCCCCCCCC. The van der Waals surface area contributed by atoms with E-state index in [0.29, 0.717) is 12.8 Å². The Labute approximate surface area is 392 Å². The van der Waals surface area contributed by atoms with Gasteiger partial charge in [-0.2, -0.15) is 0 Å². The van der Waals surface area contributed by atoms with Gasteiger partial charge in [0.2, 0.25) is 0 Å². The van der Waals surface area contributed by atoms with Crippen molar-refractivity contribution < 1.29 is 47.8 Å². The van der Waals surface area contributed by atoms with Crippen LogP contribution in [0.2, 0.25) is 0 Å². The summed E-state index contributed by atoms with van der Waals surface area (Å²) in [6, 6.07) is 0. The first-order valence-electron chi connectivity index (χ1n) is 26.1. The topological polar surface area (TPSA) is 149 Å². The molecule has 3 unspecified atom stereocenters. The van der Waals surface area contributed by atoms with Crippen LogP contribution < -0.4 is 0 Å². The summed E-state index contributed by atoms with van der Waals surface area (Å²) in [5.74, 6) is -1.03. The van der Waals surface area contributed by atoms with Gasteiger partial charge in [-0.15, -0.1) is 0 Å². The molecule has 0 aromatic carbocycles. The van der Waals surface area contributed by atoms with Gasteiger partial charge in [-0.05, 0) is 51.4 Å². The molecule has 374 valence electrons. The second kappa shape index (κ2) is 48.9. The van der Waals surface area contributed by atoms with Crippen molar-refractivity contribution in [1.82, 2.24) is 0 Å². The smallest absolute Gasteiger partial charge is 0.457 e. The summed E-state index contributed by atoms with van der Waals surface area (Å²) in [5.41, 5.74) is 0. The molecule has 10 nitrogen and oxygen atoms in total. The lowest BCUT2D eigenvalue weighted by Crippen LogP contribution is -2.28. The van der Waals surface area contributed by atoms with Crippen LogP contribution in [0, 0.1) is 0 Å². The lowest BCUT2D eigenvalue weighted by Gasteiger charge is -2.20. The van der Waals surface area contributed by atoms with E-state index in [1.807, 2.05) is 0 Å². The normalized spacial score (nSPS) is 14.0. The fraction of sp³-hybridized carbons (Fsp3) is 0.811. The van der Waals surface area contributed by atoms with Crippen LogP contribution in [0.25, 0.3) is 0 Å². The summed E-state index contributed by atoms with van der Waals surface area (Å²) < 4.78 is 32.7. The van der Waals surface area contributed by atoms with E-state index in [1.165, 1.54) is 116 Å². The maximum absolute atomic E-state index is 12.4. The van der Waals surface area contributed by atoms with E-state index in [-0.39, 0.29) is 12.8 Å². The molecule has 0 rings (SSSR count). The molecule has 0 saturated carbocycles. The van der Waals surface area contributed by atoms with Crippen molar-refractivity contribution >= 4 is 19.8 Å². The lowest BCUT2D eigenvalue weighted by molar-refractivity contribution is -0.153. The predicted octanol–water partition coefficient (Wildman–Crippen LogP) is 14.8. The maximum atomic E-state index is 12.4. The van der Waals surface area contributed by atoms with Gasteiger partial charge in [-0.25, -0.2) is 4.57 Å². The zero-order chi connectivity index (χ0) is 46.9. The van der Waals surface area contributed by atoms with Gasteiger partial charge < -0.3 is 24.6 Å². The lowest BCUT2D eigenvalue weighted by atomic mass is 10.0. The average Bonchev–Trinajstić information content (AvgIpc) is 3.29. The molecule has 0 spiro atoms. The number of hydrogen-bond acceptors (Lipinski definition) is 9. The van der Waals surface area contributed by atoms with E-state index in [9.17, 15) is 29.3 Å². The molecular weight excluding hydrogens is 828 g/mol. The van der Waals surface area contributed by atoms with E-state index >= 15 is 0 Å². The minimum Gasteiger partial charge on any atom is -0.457 e. The molecule has 0 saturated heterocycles. The van der Waals surface area contributed by atoms with E-state index in [0.717, 1.165) is 83.5 Å². The molecule has 0 aromatic rings. The van der Waals surface area contributed by atoms with Crippen LogP contribution in [0.1, 0.15) is 239 Å². The number of rotatable bonds is 49. The molecule has 0 fully saturated rings. The van der Waals surface area contributed by atoms with Crippen LogP contribution in [0.3, 0.4) is 0 Å². The molecule has 64 heavy (non-hydrogen) atoms. The Hall–Kier alpha value is -2.07. The largest absolute Gasteiger partial charge is 0.472 e. The summed E-state index contributed by atoms with van der Waals surface area (Å²) in [5, 5.41) is 19.3. The van der Waals surface area contributed by atoms with Crippen LogP contribution in [-0.4, -0.2) is 65.7 Å². The number of unbranched alkanes of at least 4 members (excludes halogenated alkanes) is 27. The number of allylic oxidation sites excluding steroid dienone is 8. The number of aliphatic hydroxyl groups is 2. The number of ether oxygens (including phenoxy) is 2. The Balaban J connectivity index is 3.83. The minimum atomic E-state index is -4.65. The first-order chi connectivity index (χ1) is 31.3. The minimum absolute atomic E-state index is 0.175. The third-order valence-electron chi connectivity index (χ3n) is 11.3. The van der Waals surface area contributed by atoms with Gasteiger partial charge in [0.1, 0.15) is 12.2 Å². The van der Waals surface area contributed by atoms with Crippen LogP contribution in [0.4, 0.5) is 0 Å². The van der Waals surface area contributed by atoms with Crippen molar-refractivity contribution in [1.29, 1.82) is 0 Å². The quantitative estimate of drug-likeness (QED) is 0.0233. The van der Waals surface area contributed by atoms with Gasteiger partial charge in [0, 0.05) is 12.8 Å². The fourth-order valence-electron chi connectivity index (χ4n) is 7.34. The molecule has 0 amide bonds. The van der Waals surface area contributed by atoms with E-state index in [2.05, 4.69) is 62.5 Å². The fourth-order valence-corrected chi connectivity index (χ4v) is 8.13. The second-order valence-corrected chi connectivity index (χ2v) is 18.9. The van der Waals surface area contributed by atoms with Crippen molar-refractivity contribution in [3.05, 3.63) is 48.6 Å². The van der Waals surface area contributed by atoms with Gasteiger partial charge in [0.05, 0.1) is 26.4 Å². The number of esters is 2. The highest BCUT2D eigenvalue weighted by molar-refractivity contribution is 7.47. The summed E-state index contributed by atoms with van der Waals surface area (Å²) in [6.45, 7) is 2.12. The molecule has 0 heterocycles. The van der Waals surface area contributed by atoms with Crippen LogP contribution in [-0.2, 0) is 32.7 Å². The zero-order valence-electron chi connectivity index (χ0n) is 41.0. The molecule has 0 aromatic heterocycles. The van der Waals surface area contributed by atoms with Gasteiger partial charge in [0.25, 0.3) is 0 Å². The van der Waals surface area contributed by atoms with Crippen molar-refractivity contribution in [2.24, 2.45) is 0 Å². The summed E-state index contributed by atoms with van der Waals surface area (Å²) >= 11 is 0. The molecule has 11 heteroatoms. The third kappa shape index (κ3) is 46.5. The van der Waals surface area contributed by atoms with Crippen LogP contribution in [0.5, 0.6) is 0 Å². The Morgan fingerprint density at radius 2 is 0.734 bits per heavy atom. The molecular formula is C53H97O10P. The van der Waals surface area contributed by atoms with E-state index < -0.39 is 58.4 Å². The highest BCUT2D eigenvalue weighted by Crippen LogP contribution is 2.43. The van der Waals surface area contributed by atoms with Crippen molar-refractivity contribution in [2.45, 2.75) is 251 Å². The standard InChI is InChI=1S/C53H97O10P/c1-3-5-7-9-11-13-15-17-19-21-23-24-25-27-29-31-33-35-37-39-41-43-45-53(57)63-51(47-55)49-61-64(58,59)60-48-50(46-54)62-52(56)44-42-40-38-36-34-32-30-28-26-22-20-18-16-14-12-10-8-6-4-2/h6,8,12,14,18,20,26,28,50-51,54-55H,3-5,7,9-11,13,15-17,19,21-25,27,29-49H2,1-2H3,(H,58,59)/b8-6-,14-12-,20-18-,28-26-. The van der Waals surface area contributed by atoms with Crippen LogP contribution in [0.15, 0.2) is 48.6 Å². The van der Waals surface area contributed by atoms with Gasteiger partial charge in [-0.1, -0.05) is 223 Å². The molecule has 0 aliphatic rings. The summed E-state index contributed by atoms with van der Waals surface area (Å²) in [6.07, 6.45) is 55.2. The van der Waals surface area contributed by atoms with Gasteiger partial charge in [0.15, 0.2) is 0 Å². The second-order valence-electron chi connectivity index (χ2n) is 17.5. The predicted molar refractivity (Wildman–Crippen MR) is 265 cm³/mol. The van der Waals surface area contributed by atoms with Gasteiger partial charge in [-0.3, -0.25) is 18.6 Å². The zero-order valence-corrected chi connectivity index (χ0v) is 41.9. The van der Waals surface area contributed by atoms with Crippen LogP contribution >= 0.6 is 7.82 Å². The average molecular weight is 925 g/mol. The van der Waals surface area contributed by atoms with Crippen molar-refractivity contribution in [3.63, 3.8) is 0 Å². The van der Waals surface area contributed by atoms with E-state index in [1.54, 1.807) is 0 Å².